The summed E-state index contributed by atoms with van der Waals surface area (Å²) in [5, 5.41) is 2.78. The van der Waals surface area contributed by atoms with Gasteiger partial charge in [0.25, 0.3) is 5.91 Å². The van der Waals surface area contributed by atoms with Crippen molar-refractivity contribution in [3.05, 3.63) is 42.1 Å². The average Bonchev–Trinajstić information content (AvgIpc) is 3.08. The van der Waals surface area contributed by atoms with Gasteiger partial charge in [0.1, 0.15) is 0 Å². The van der Waals surface area contributed by atoms with Crippen LogP contribution in [0.4, 0.5) is 11.6 Å². The highest BCUT2D eigenvalue weighted by Crippen LogP contribution is 2.19. The minimum atomic E-state index is -0.213. The van der Waals surface area contributed by atoms with Crippen molar-refractivity contribution < 1.29 is 9.53 Å². The van der Waals surface area contributed by atoms with Gasteiger partial charge in [-0.25, -0.2) is 4.98 Å². The molecule has 2 aromatic rings. The molecule has 0 radical (unpaired) electrons. The maximum atomic E-state index is 11.9. The monoisotopic (exact) mass is 312 g/mol. The van der Waals surface area contributed by atoms with Crippen LogP contribution >= 0.6 is 0 Å². The summed E-state index contributed by atoms with van der Waals surface area (Å²) >= 11 is 0. The number of carbonyl (C=O) groups excluding carboxylic acids is 1. The van der Waals surface area contributed by atoms with Crippen LogP contribution in [0.25, 0.3) is 0 Å². The first-order valence-electron chi connectivity index (χ1n) is 7.79. The summed E-state index contributed by atoms with van der Waals surface area (Å²) in [6.45, 7) is 3.76. The van der Waals surface area contributed by atoms with E-state index in [4.69, 9.17) is 4.74 Å². The third-order valence-corrected chi connectivity index (χ3v) is 3.62. The molecule has 1 aliphatic rings. The van der Waals surface area contributed by atoms with Crippen LogP contribution in [-0.2, 0) is 4.79 Å². The number of anilines is 2. The molecule has 6 heteroatoms. The minimum Gasteiger partial charge on any atom is -0.467 e. The fourth-order valence-corrected chi connectivity index (χ4v) is 2.52. The number of aromatic nitrogens is 2. The molecule has 0 saturated carbocycles. The van der Waals surface area contributed by atoms with Crippen LogP contribution in [0.5, 0.6) is 5.88 Å². The second-order valence-corrected chi connectivity index (χ2v) is 5.54. The summed E-state index contributed by atoms with van der Waals surface area (Å²) in [5.74, 6) is 0.902. The van der Waals surface area contributed by atoms with Gasteiger partial charge in [0.15, 0.2) is 6.61 Å². The molecule has 1 aromatic heterocycles. The Kier molecular flexibility index (Phi) is 4.71. The number of ether oxygens (including phenoxy) is 1. The summed E-state index contributed by atoms with van der Waals surface area (Å²) in [6, 6.07) is 11.0. The zero-order valence-electron chi connectivity index (χ0n) is 13.2. The maximum absolute atomic E-state index is 11.9. The molecule has 6 nitrogen and oxygen atoms in total. The lowest BCUT2D eigenvalue weighted by atomic mass is 10.3. The molecule has 0 atom stereocenters. The summed E-state index contributed by atoms with van der Waals surface area (Å²) < 4.78 is 5.53. The van der Waals surface area contributed by atoms with Crippen LogP contribution in [-0.4, -0.2) is 35.6 Å². The summed E-state index contributed by atoms with van der Waals surface area (Å²) in [6.07, 6.45) is 2.32. The molecule has 3 rings (SSSR count). The smallest absolute Gasteiger partial charge is 0.262 e. The van der Waals surface area contributed by atoms with Crippen molar-refractivity contribution >= 4 is 17.5 Å². The van der Waals surface area contributed by atoms with Crippen molar-refractivity contribution in [1.82, 2.24) is 9.97 Å². The number of nitrogens with one attached hydrogen (secondary N) is 1. The first kappa shape index (κ1) is 15.3. The number of para-hydroxylation sites is 1. The molecular formula is C17H20N4O2. The van der Waals surface area contributed by atoms with E-state index in [0.29, 0.717) is 11.8 Å². The molecule has 0 bridgehead atoms. The van der Waals surface area contributed by atoms with Crippen LogP contribution in [0.1, 0.15) is 18.5 Å². The first-order chi connectivity index (χ1) is 11.2. The first-order valence-corrected chi connectivity index (χ1v) is 7.79. The number of benzene rings is 1. The van der Waals surface area contributed by atoms with Gasteiger partial charge in [-0.2, -0.15) is 4.98 Å². The second kappa shape index (κ2) is 7.09. The Morgan fingerprint density at radius 2 is 1.96 bits per heavy atom. The van der Waals surface area contributed by atoms with E-state index in [1.165, 1.54) is 0 Å². The van der Waals surface area contributed by atoms with E-state index >= 15 is 0 Å². The Hall–Kier alpha value is -2.63. The number of nitrogens with zero attached hydrogens (tertiary/aromatic N) is 3. The molecule has 1 saturated heterocycles. The van der Waals surface area contributed by atoms with Crippen molar-refractivity contribution in [2.45, 2.75) is 19.8 Å². The van der Waals surface area contributed by atoms with Crippen molar-refractivity contribution in [3.8, 4) is 5.88 Å². The van der Waals surface area contributed by atoms with Crippen molar-refractivity contribution in [3.63, 3.8) is 0 Å². The average molecular weight is 312 g/mol. The molecule has 2 heterocycles. The van der Waals surface area contributed by atoms with Gasteiger partial charge in [-0.15, -0.1) is 0 Å². The number of carbonyl (C=O) groups is 1. The summed E-state index contributed by atoms with van der Waals surface area (Å²) in [7, 11) is 0. The van der Waals surface area contributed by atoms with E-state index in [1.807, 2.05) is 37.3 Å². The largest absolute Gasteiger partial charge is 0.467 e. The lowest BCUT2D eigenvalue weighted by molar-refractivity contribution is -0.118. The Bertz CT molecular complexity index is 670. The SMILES string of the molecule is Cc1cc(OCC(=O)Nc2ccccc2)nc(N2CCCC2)n1. The highest BCUT2D eigenvalue weighted by atomic mass is 16.5. The molecule has 1 amide bonds. The van der Waals surface area contributed by atoms with Crippen molar-refractivity contribution in [1.29, 1.82) is 0 Å². The van der Waals surface area contributed by atoms with Crippen LogP contribution in [0.2, 0.25) is 0 Å². The van der Waals surface area contributed by atoms with Gasteiger partial charge in [0, 0.05) is 30.5 Å². The third-order valence-electron chi connectivity index (χ3n) is 3.62. The van der Waals surface area contributed by atoms with Crippen LogP contribution in [0.15, 0.2) is 36.4 Å². The standard InChI is InChI=1S/C17H20N4O2/c1-13-11-16(20-17(18-13)21-9-5-6-10-21)23-12-15(22)19-14-7-3-2-4-8-14/h2-4,7-8,11H,5-6,9-10,12H2,1H3,(H,19,22). The quantitative estimate of drug-likeness (QED) is 0.918. The lowest BCUT2D eigenvalue weighted by Crippen LogP contribution is -2.23. The van der Waals surface area contributed by atoms with Gasteiger partial charge in [0.2, 0.25) is 11.8 Å². The lowest BCUT2D eigenvalue weighted by Gasteiger charge is -2.16. The fraction of sp³-hybridized carbons (Fsp3) is 0.353. The molecule has 1 N–H and O–H groups in total. The van der Waals surface area contributed by atoms with E-state index in [2.05, 4.69) is 20.2 Å². The molecule has 120 valence electrons. The molecule has 1 fully saturated rings. The van der Waals surface area contributed by atoms with Crippen LogP contribution < -0.4 is 15.0 Å². The van der Waals surface area contributed by atoms with Gasteiger partial charge in [0.05, 0.1) is 0 Å². The molecular weight excluding hydrogens is 292 g/mol. The highest BCUT2D eigenvalue weighted by Gasteiger charge is 2.16. The van der Waals surface area contributed by atoms with E-state index in [0.717, 1.165) is 37.3 Å². The fourth-order valence-electron chi connectivity index (χ4n) is 2.52. The van der Waals surface area contributed by atoms with Gasteiger partial charge in [-0.05, 0) is 31.9 Å². The molecule has 0 unspecified atom stereocenters. The minimum absolute atomic E-state index is 0.0786. The van der Waals surface area contributed by atoms with E-state index in [9.17, 15) is 4.79 Å². The highest BCUT2D eigenvalue weighted by molar-refractivity contribution is 5.91. The molecule has 0 spiro atoms. The number of hydrogen-bond acceptors (Lipinski definition) is 5. The molecule has 1 aliphatic heterocycles. The second-order valence-electron chi connectivity index (χ2n) is 5.54. The van der Waals surface area contributed by atoms with Crippen molar-refractivity contribution in [2.75, 3.05) is 29.9 Å². The predicted octanol–water partition coefficient (Wildman–Crippen LogP) is 2.40. The van der Waals surface area contributed by atoms with E-state index < -0.39 is 0 Å². The van der Waals surface area contributed by atoms with E-state index in [1.54, 1.807) is 6.07 Å². The predicted molar refractivity (Wildman–Crippen MR) is 88.8 cm³/mol. The van der Waals surface area contributed by atoms with Crippen molar-refractivity contribution in [2.24, 2.45) is 0 Å². The number of rotatable bonds is 5. The maximum Gasteiger partial charge on any atom is 0.262 e. The van der Waals surface area contributed by atoms with Gasteiger partial charge >= 0.3 is 0 Å². The molecule has 0 aliphatic carbocycles. The number of aryl methyl sites for hydroxylation is 1. The topological polar surface area (TPSA) is 67.3 Å². The molecule has 1 aromatic carbocycles. The Morgan fingerprint density at radius 1 is 1.22 bits per heavy atom. The summed E-state index contributed by atoms with van der Waals surface area (Å²) in [4.78, 5) is 22.9. The zero-order chi connectivity index (χ0) is 16.1. The third kappa shape index (κ3) is 4.18. The van der Waals surface area contributed by atoms with Gasteiger partial charge in [-0.1, -0.05) is 18.2 Å². The Balaban J connectivity index is 1.60. The zero-order valence-corrected chi connectivity index (χ0v) is 13.2. The van der Waals surface area contributed by atoms with E-state index in [-0.39, 0.29) is 12.5 Å². The van der Waals surface area contributed by atoms with Gasteiger partial charge in [-0.3, -0.25) is 4.79 Å². The Labute approximate surface area is 135 Å². The Morgan fingerprint density at radius 3 is 2.70 bits per heavy atom. The van der Waals surface area contributed by atoms with Crippen LogP contribution in [0.3, 0.4) is 0 Å². The summed E-state index contributed by atoms with van der Waals surface area (Å²) in [5.41, 5.74) is 1.58. The number of hydrogen-bond donors (Lipinski definition) is 1. The van der Waals surface area contributed by atoms with Gasteiger partial charge < -0.3 is 15.0 Å². The normalized spacial score (nSPS) is 13.9. The number of amides is 1. The van der Waals surface area contributed by atoms with Crippen LogP contribution in [0, 0.1) is 6.92 Å². The molecule has 23 heavy (non-hydrogen) atoms.